The van der Waals surface area contributed by atoms with E-state index >= 15 is 0 Å². The first kappa shape index (κ1) is 10.2. The Kier molecular flexibility index (Phi) is 3.57. The Morgan fingerprint density at radius 1 is 1.50 bits per heavy atom. The van der Waals surface area contributed by atoms with Crippen molar-refractivity contribution in [2.75, 3.05) is 13.7 Å². The molecule has 0 saturated heterocycles. The molecule has 62 valence electrons. The van der Waals surface area contributed by atoms with Crippen LogP contribution in [0.15, 0.2) is 0 Å². The number of hydrogen-bond donors (Lipinski definition) is 2. The lowest BCUT2D eigenvalue weighted by atomic mass is 10.2. The van der Waals surface area contributed by atoms with Crippen LogP contribution >= 0.6 is 7.37 Å². The van der Waals surface area contributed by atoms with Crippen LogP contribution in [0, 0.1) is 5.92 Å². The van der Waals surface area contributed by atoms with Crippen LogP contribution in [0.3, 0.4) is 0 Å². The molecule has 1 unspecified atom stereocenters. The second-order valence-corrected chi connectivity index (χ2v) is 5.49. The fourth-order valence-corrected chi connectivity index (χ4v) is 2.87. The van der Waals surface area contributed by atoms with E-state index < -0.39 is 7.37 Å². The van der Waals surface area contributed by atoms with Gasteiger partial charge in [-0.05, 0) is 0 Å². The summed E-state index contributed by atoms with van der Waals surface area (Å²) in [6, 6.07) is 0. The van der Waals surface area contributed by atoms with Crippen LogP contribution in [-0.4, -0.2) is 24.4 Å². The molecule has 0 fully saturated rings. The topological polar surface area (TPSA) is 53.9 Å². The smallest absolute Gasteiger partial charge is 0.253 e. The van der Waals surface area contributed by atoms with E-state index in [9.17, 15) is 9.46 Å². The summed E-state index contributed by atoms with van der Waals surface area (Å²) in [6.45, 7) is 5.33. The standard InChI is InChI=1S/C6H16NO2P/c1-5(2)6(7-3)10(4,8)9/h5-7H,1-4H3,(H,8,9)/p+1/t6-/m1/s1. The molecule has 10 heavy (non-hydrogen) atoms. The Bertz CT molecular complexity index is 141. The van der Waals surface area contributed by atoms with Crippen LogP contribution in [-0.2, 0) is 4.57 Å². The monoisotopic (exact) mass is 166 g/mol. The van der Waals surface area contributed by atoms with Gasteiger partial charge in [0.15, 0.2) is 5.78 Å². The van der Waals surface area contributed by atoms with Gasteiger partial charge >= 0.3 is 0 Å². The van der Waals surface area contributed by atoms with Crippen molar-refractivity contribution >= 4 is 7.37 Å². The molecule has 0 bridgehead atoms. The Morgan fingerprint density at radius 3 is 1.90 bits per heavy atom. The molecule has 0 radical (unpaired) electrons. The van der Waals surface area contributed by atoms with E-state index in [-0.39, 0.29) is 11.7 Å². The van der Waals surface area contributed by atoms with Crippen molar-refractivity contribution in [3.8, 4) is 0 Å². The molecule has 0 aromatic heterocycles. The highest BCUT2D eigenvalue weighted by atomic mass is 31.2. The Balaban J connectivity index is 4.22. The van der Waals surface area contributed by atoms with Crippen molar-refractivity contribution in [1.82, 2.24) is 0 Å². The van der Waals surface area contributed by atoms with Gasteiger partial charge in [-0.25, -0.2) is 0 Å². The van der Waals surface area contributed by atoms with Gasteiger partial charge in [-0.2, -0.15) is 0 Å². The first-order valence-corrected chi connectivity index (χ1v) is 5.66. The largest absolute Gasteiger partial charge is 0.340 e. The maximum Gasteiger partial charge on any atom is 0.253 e. The van der Waals surface area contributed by atoms with Gasteiger partial charge in [0.25, 0.3) is 7.37 Å². The van der Waals surface area contributed by atoms with Gasteiger partial charge in [-0.15, -0.1) is 0 Å². The summed E-state index contributed by atoms with van der Waals surface area (Å²) in [7, 11) is -1.06. The summed E-state index contributed by atoms with van der Waals surface area (Å²) in [5.74, 6) is 0.110. The highest BCUT2D eigenvalue weighted by Gasteiger charge is 2.30. The van der Waals surface area contributed by atoms with Gasteiger partial charge in [0.1, 0.15) is 0 Å². The average Bonchev–Trinajstić information content (AvgIpc) is 1.60. The summed E-state index contributed by atoms with van der Waals surface area (Å²) in [5.41, 5.74) is 0. The molecule has 0 aliphatic carbocycles. The van der Waals surface area contributed by atoms with E-state index in [0.29, 0.717) is 0 Å². The highest BCUT2D eigenvalue weighted by Crippen LogP contribution is 2.41. The molecule has 4 heteroatoms. The third-order valence-corrected chi connectivity index (χ3v) is 3.58. The number of hydrogen-bond acceptors (Lipinski definition) is 1. The zero-order valence-corrected chi connectivity index (χ0v) is 7.93. The van der Waals surface area contributed by atoms with E-state index in [2.05, 4.69) is 0 Å². The fourth-order valence-electron chi connectivity index (χ4n) is 1.21. The minimum Gasteiger partial charge on any atom is -0.340 e. The van der Waals surface area contributed by atoms with Crippen molar-refractivity contribution in [3.05, 3.63) is 0 Å². The minimum atomic E-state index is -2.89. The zero-order chi connectivity index (χ0) is 8.36. The van der Waals surface area contributed by atoms with Crippen molar-refractivity contribution in [2.24, 2.45) is 5.92 Å². The molecular formula is C6H17NO2P+. The normalized spacial score (nSPS) is 20.6. The van der Waals surface area contributed by atoms with Gasteiger partial charge < -0.3 is 10.2 Å². The molecule has 0 aromatic carbocycles. The lowest BCUT2D eigenvalue weighted by Crippen LogP contribution is -2.87. The number of rotatable bonds is 3. The fraction of sp³-hybridized carbons (Fsp3) is 1.00. The Hall–Kier alpha value is 0.150. The molecule has 0 saturated carbocycles. The van der Waals surface area contributed by atoms with Crippen LogP contribution in [0.25, 0.3) is 0 Å². The number of quaternary nitrogens is 1. The van der Waals surface area contributed by atoms with Gasteiger partial charge in [-0.3, -0.25) is 4.57 Å². The van der Waals surface area contributed by atoms with Crippen LogP contribution in [0.4, 0.5) is 0 Å². The molecule has 3 nitrogen and oxygen atoms in total. The third kappa shape index (κ3) is 2.82. The minimum absolute atomic E-state index is 0.146. The predicted molar refractivity (Wildman–Crippen MR) is 42.2 cm³/mol. The quantitative estimate of drug-likeness (QED) is 0.582. The predicted octanol–water partition coefficient (Wildman–Crippen LogP) is 0.0619. The summed E-state index contributed by atoms with van der Waals surface area (Å²) < 4.78 is 11.1. The van der Waals surface area contributed by atoms with E-state index in [4.69, 9.17) is 0 Å². The van der Waals surface area contributed by atoms with Gasteiger partial charge in [0, 0.05) is 12.6 Å². The lowest BCUT2D eigenvalue weighted by Gasteiger charge is -2.19. The van der Waals surface area contributed by atoms with E-state index in [1.165, 1.54) is 6.66 Å². The molecule has 3 N–H and O–H groups in total. The maximum absolute atomic E-state index is 11.1. The summed E-state index contributed by atoms with van der Waals surface area (Å²) >= 11 is 0. The van der Waals surface area contributed by atoms with E-state index in [0.717, 1.165) is 0 Å². The van der Waals surface area contributed by atoms with E-state index in [1.807, 2.05) is 26.2 Å². The molecule has 0 aliphatic rings. The molecule has 0 heterocycles. The molecule has 0 rings (SSSR count). The van der Waals surface area contributed by atoms with Crippen molar-refractivity contribution in [3.63, 3.8) is 0 Å². The van der Waals surface area contributed by atoms with Crippen molar-refractivity contribution in [2.45, 2.75) is 19.6 Å². The molecule has 0 amide bonds. The van der Waals surface area contributed by atoms with Crippen LogP contribution in [0.1, 0.15) is 13.8 Å². The molecule has 2 atom stereocenters. The first-order valence-electron chi connectivity index (χ1n) is 3.49. The van der Waals surface area contributed by atoms with Gasteiger partial charge in [-0.1, -0.05) is 13.8 Å². The molecule has 0 aromatic rings. The lowest BCUT2D eigenvalue weighted by molar-refractivity contribution is -0.649. The van der Waals surface area contributed by atoms with Gasteiger partial charge in [0.05, 0.1) is 7.05 Å². The van der Waals surface area contributed by atoms with Gasteiger partial charge in [0.2, 0.25) is 0 Å². The second kappa shape index (κ2) is 3.51. The molecular weight excluding hydrogens is 149 g/mol. The maximum atomic E-state index is 11.1. The first-order chi connectivity index (χ1) is 4.39. The second-order valence-electron chi connectivity index (χ2n) is 3.01. The van der Waals surface area contributed by atoms with Crippen molar-refractivity contribution < 1.29 is 14.8 Å². The van der Waals surface area contributed by atoms with Crippen LogP contribution < -0.4 is 5.32 Å². The average molecular weight is 166 g/mol. The Labute approximate surface area is 62.3 Å². The SMILES string of the molecule is C[NH2+][C@@H](C(C)C)P(C)(=O)O. The van der Waals surface area contributed by atoms with Crippen LogP contribution in [0.5, 0.6) is 0 Å². The van der Waals surface area contributed by atoms with Crippen LogP contribution in [0.2, 0.25) is 0 Å². The van der Waals surface area contributed by atoms with E-state index in [1.54, 1.807) is 0 Å². The third-order valence-electron chi connectivity index (χ3n) is 1.58. The number of nitrogens with two attached hydrogens (primary N) is 1. The zero-order valence-electron chi connectivity index (χ0n) is 7.03. The summed E-state index contributed by atoms with van der Waals surface area (Å²) in [6.07, 6.45) is 0. The molecule has 0 aliphatic heterocycles. The summed E-state index contributed by atoms with van der Waals surface area (Å²) in [5, 5.41) is 1.81. The van der Waals surface area contributed by atoms with Crippen molar-refractivity contribution in [1.29, 1.82) is 0 Å². The highest BCUT2D eigenvalue weighted by molar-refractivity contribution is 7.57. The Morgan fingerprint density at radius 2 is 1.90 bits per heavy atom. The summed E-state index contributed by atoms with van der Waals surface area (Å²) in [4.78, 5) is 9.17. The molecule has 0 spiro atoms.